The highest BCUT2D eigenvalue weighted by atomic mass is 16.5. The molecule has 3 aromatic rings. The van der Waals surface area contributed by atoms with Gasteiger partial charge in [0, 0.05) is 24.5 Å². The number of benzene rings is 2. The maximum atomic E-state index is 13.6. The van der Waals surface area contributed by atoms with Crippen LogP contribution in [-0.4, -0.2) is 51.5 Å². The van der Waals surface area contributed by atoms with E-state index in [9.17, 15) is 9.59 Å². The third kappa shape index (κ3) is 2.31. The summed E-state index contributed by atoms with van der Waals surface area (Å²) in [4.78, 5) is 34.7. The number of likely N-dealkylation sites (tertiary alicyclic amines) is 1. The number of fused-ring (bicyclic) bond motifs is 1. The highest BCUT2D eigenvalue weighted by Gasteiger charge is 2.65. The highest BCUT2D eigenvalue weighted by molar-refractivity contribution is 6.06. The zero-order chi connectivity index (χ0) is 20.3. The van der Waals surface area contributed by atoms with Gasteiger partial charge in [0.15, 0.2) is 5.72 Å². The first kappa shape index (κ1) is 17.6. The van der Waals surface area contributed by atoms with Crippen LogP contribution in [0.5, 0.6) is 0 Å². The van der Waals surface area contributed by atoms with E-state index in [0.29, 0.717) is 31.6 Å². The zero-order valence-corrected chi connectivity index (χ0v) is 16.4. The van der Waals surface area contributed by atoms with Crippen LogP contribution >= 0.6 is 0 Å². The Labute approximate surface area is 174 Å². The van der Waals surface area contributed by atoms with E-state index in [0.717, 1.165) is 16.5 Å². The monoisotopic (exact) mass is 399 g/mol. The molecule has 6 heteroatoms. The van der Waals surface area contributed by atoms with Gasteiger partial charge < -0.3 is 14.5 Å². The van der Waals surface area contributed by atoms with Crippen LogP contribution in [0.4, 0.5) is 0 Å². The van der Waals surface area contributed by atoms with Crippen molar-refractivity contribution in [1.29, 1.82) is 0 Å². The van der Waals surface area contributed by atoms with Crippen molar-refractivity contribution in [2.24, 2.45) is 0 Å². The summed E-state index contributed by atoms with van der Waals surface area (Å²) in [5.41, 5.74) is 1.79. The van der Waals surface area contributed by atoms with Gasteiger partial charge in [-0.2, -0.15) is 0 Å². The molecule has 6 rings (SSSR count). The number of ether oxygens (including phenoxy) is 1. The molecule has 2 aromatic carbocycles. The number of pyridine rings is 1. The van der Waals surface area contributed by atoms with E-state index in [1.54, 1.807) is 12.3 Å². The second-order valence-electron chi connectivity index (χ2n) is 8.19. The summed E-state index contributed by atoms with van der Waals surface area (Å²) in [6, 6.07) is 19.1. The summed E-state index contributed by atoms with van der Waals surface area (Å²) in [5.74, 6) is 0.000301. The first-order valence-electron chi connectivity index (χ1n) is 10.3. The van der Waals surface area contributed by atoms with Crippen molar-refractivity contribution in [3.8, 4) is 0 Å². The van der Waals surface area contributed by atoms with E-state index in [4.69, 9.17) is 4.74 Å². The number of carbonyl (C=O) groups is 2. The molecule has 1 spiro atoms. The van der Waals surface area contributed by atoms with E-state index in [1.807, 2.05) is 64.4 Å². The molecule has 2 amide bonds. The maximum absolute atomic E-state index is 13.6. The molecule has 4 heterocycles. The minimum atomic E-state index is -0.712. The third-order valence-corrected chi connectivity index (χ3v) is 6.78. The van der Waals surface area contributed by atoms with E-state index < -0.39 is 5.72 Å². The topological polar surface area (TPSA) is 62.7 Å². The van der Waals surface area contributed by atoms with Gasteiger partial charge in [-0.3, -0.25) is 14.6 Å². The lowest BCUT2D eigenvalue weighted by atomic mass is 10.0. The lowest BCUT2D eigenvalue weighted by molar-refractivity contribution is -0.138. The standard InChI is InChI=1S/C24H21N3O3/c28-22-14-21-24(27(22)20(15-30-24)16-6-2-1-3-7-16)11-13-26(21)23(29)18-10-12-25-19-9-5-4-8-17(18)19/h1-10,12,20-21H,11,13-15H2/t20-,21+,24-/m0/s1. The predicted molar refractivity (Wildman–Crippen MR) is 111 cm³/mol. The van der Waals surface area contributed by atoms with Gasteiger partial charge in [0.1, 0.15) is 0 Å². The molecular formula is C24H21N3O3. The van der Waals surface area contributed by atoms with Gasteiger partial charge in [-0.05, 0) is 17.7 Å². The van der Waals surface area contributed by atoms with E-state index in [1.165, 1.54) is 0 Å². The predicted octanol–water partition coefficient (Wildman–Crippen LogP) is 3.15. The summed E-state index contributed by atoms with van der Waals surface area (Å²) >= 11 is 0. The van der Waals surface area contributed by atoms with Crippen molar-refractivity contribution < 1.29 is 14.3 Å². The van der Waals surface area contributed by atoms with Crippen molar-refractivity contribution in [2.45, 2.75) is 30.7 Å². The molecule has 0 unspecified atom stereocenters. The van der Waals surface area contributed by atoms with E-state index in [-0.39, 0.29) is 23.9 Å². The summed E-state index contributed by atoms with van der Waals surface area (Å²) in [5, 5.41) is 0.835. The largest absolute Gasteiger partial charge is 0.351 e. The Balaban J connectivity index is 1.36. The Morgan fingerprint density at radius 2 is 1.87 bits per heavy atom. The number of nitrogens with zero attached hydrogens (tertiary/aromatic N) is 3. The van der Waals surface area contributed by atoms with Crippen molar-refractivity contribution in [3.05, 3.63) is 78.0 Å². The van der Waals surface area contributed by atoms with E-state index in [2.05, 4.69) is 4.98 Å². The summed E-state index contributed by atoms with van der Waals surface area (Å²) in [7, 11) is 0. The molecule has 3 aliphatic heterocycles. The van der Waals surface area contributed by atoms with Crippen LogP contribution in [0.3, 0.4) is 0 Å². The zero-order valence-electron chi connectivity index (χ0n) is 16.4. The summed E-state index contributed by atoms with van der Waals surface area (Å²) in [6.45, 7) is 1.04. The van der Waals surface area contributed by atoms with Crippen LogP contribution < -0.4 is 0 Å². The number of rotatable bonds is 2. The van der Waals surface area contributed by atoms with Crippen LogP contribution in [0.1, 0.15) is 34.8 Å². The molecule has 150 valence electrons. The fraction of sp³-hybridized carbons (Fsp3) is 0.292. The van der Waals surface area contributed by atoms with Crippen LogP contribution in [0.2, 0.25) is 0 Å². The molecule has 0 N–H and O–H groups in total. The average Bonchev–Trinajstić information content (AvgIpc) is 3.42. The van der Waals surface area contributed by atoms with Gasteiger partial charge in [-0.1, -0.05) is 48.5 Å². The van der Waals surface area contributed by atoms with Crippen LogP contribution in [0.15, 0.2) is 66.9 Å². The fourth-order valence-corrected chi connectivity index (χ4v) is 5.45. The van der Waals surface area contributed by atoms with Crippen molar-refractivity contribution in [2.75, 3.05) is 13.2 Å². The Kier molecular flexibility index (Phi) is 3.74. The van der Waals surface area contributed by atoms with Crippen molar-refractivity contribution >= 4 is 22.7 Å². The number of aromatic nitrogens is 1. The Hall–Kier alpha value is -3.25. The molecule has 3 aliphatic rings. The minimum Gasteiger partial charge on any atom is -0.351 e. The summed E-state index contributed by atoms with van der Waals surface area (Å²) < 4.78 is 6.33. The Morgan fingerprint density at radius 3 is 2.73 bits per heavy atom. The molecule has 0 bridgehead atoms. The third-order valence-electron chi connectivity index (χ3n) is 6.78. The minimum absolute atomic E-state index is 0.0584. The number of hydrogen-bond donors (Lipinski definition) is 0. The maximum Gasteiger partial charge on any atom is 0.255 e. The quantitative estimate of drug-likeness (QED) is 0.664. The van der Waals surface area contributed by atoms with Gasteiger partial charge in [-0.15, -0.1) is 0 Å². The van der Waals surface area contributed by atoms with Crippen molar-refractivity contribution in [3.63, 3.8) is 0 Å². The molecule has 3 atom stereocenters. The van der Waals surface area contributed by atoms with Gasteiger partial charge in [-0.25, -0.2) is 0 Å². The fourth-order valence-electron chi connectivity index (χ4n) is 5.45. The van der Waals surface area contributed by atoms with Crippen LogP contribution in [0, 0.1) is 0 Å². The van der Waals surface area contributed by atoms with Crippen LogP contribution in [0.25, 0.3) is 10.9 Å². The molecule has 3 fully saturated rings. The lowest BCUT2D eigenvalue weighted by Crippen LogP contribution is -2.49. The smallest absolute Gasteiger partial charge is 0.255 e. The van der Waals surface area contributed by atoms with Gasteiger partial charge in [0.25, 0.3) is 5.91 Å². The average molecular weight is 399 g/mol. The molecular weight excluding hydrogens is 378 g/mol. The molecule has 0 aliphatic carbocycles. The SMILES string of the molecule is O=C(c1ccnc2ccccc12)N1CC[C@@]23OC[C@@H](c4ccccc4)N2C(=O)C[C@@H]13. The second kappa shape index (κ2) is 6.37. The number of carbonyl (C=O) groups excluding carboxylic acids is 2. The molecule has 3 saturated heterocycles. The van der Waals surface area contributed by atoms with E-state index >= 15 is 0 Å². The van der Waals surface area contributed by atoms with Crippen molar-refractivity contribution in [1.82, 2.24) is 14.8 Å². The number of hydrogen-bond acceptors (Lipinski definition) is 4. The Bertz CT molecular complexity index is 1160. The second-order valence-corrected chi connectivity index (χ2v) is 8.19. The normalized spacial score (nSPS) is 27.5. The van der Waals surface area contributed by atoms with Gasteiger partial charge in [0.05, 0.1) is 36.2 Å². The van der Waals surface area contributed by atoms with Gasteiger partial charge in [0.2, 0.25) is 5.91 Å². The highest BCUT2D eigenvalue weighted by Crippen LogP contribution is 2.51. The first-order valence-corrected chi connectivity index (χ1v) is 10.3. The Morgan fingerprint density at radius 1 is 1.07 bits per heavy atom. The molecule has 30 heavy (non-hydrogen) atoms. The first-order chi connectivity index (χ1) is 14.7. The number of para-hydroxylation sites is 1. The summed E-state index contributed by atoms with van der Waals surface area (Å²) in [6.07, 6.45) is 2.62. The molecule has 6 nitrogen and oxygen atoms in total. The number of amides is 2. The molecule has 1 aromatic heterocycles. The molecule has 0 radical (unpaired) electrons. The lowest BCUT2D eigenvalue weighted by Gasteiger charge is -2.33. The van der Waals surface area contributed by atoms with Gasteiger partial charge >= 0.3 is 0 Å². The van der Waals surface area contributed by atoms with Crippen LogP contribution in [-0.2, 0) is 9.53 Å². The molecule has 0 saturated carbocycles.